The minimum absolute atomic E-state index is 0.0125. The van der Waals surface area contributed by atoms with Gasteiger partial charge >= 0.3 is 6.03 Å². The Labute approximate surface area is 167 Å². The molecule has 1 N–H and O–H groups in total. The van der Waals surface area contributed by atoms with Crippen LogP contribution in [0, 0.1) is 19.3 Å². The predicted octanol–water partition coefficient (Wildman–Crippen LogP) is 2.26. The number of aromatic nitrogens is 1. The Bertz CT molecular complexity index is 724. The van der Waals surface area contributed by atoms with Gasteiger partial charge in [0, 0.05) is 63.6 Å². The van der Waals surface area contributed by atoms with Gasteiger partial charge in [0.25, 0.3) is 0 Å². The molecular formula is C21H32N4O3. The second-order valence-electron chi connectivity index (χ2n) is 8.24. The lowest BCUT2D eigenvalue weighted by Crippen LogP contribution is -2.56. The van der Waals surface area contributed by atoms with E-state index in [9.17, 15) is 9.59 Å². The molecule has 3 amide bonds. The smallest absolute Gasteiger partial charge is 0.317 e. The fraction of sp³-hybridized carbons (Fsp3) is 0.667. The number of hydrogen-bond acceptors (Lipinski definition) is 4. The van der Waals surface area contributed by atoms with Crippen molar-refractivity contribution in [1.29, 1.82) is 0 Å². The summed E-state index contributed by atoms with van der Waals surface area (Å²) in [4.78, 5) is 33.2. The molecule has 2 saturated heterocycles. The van der Waals surface area contributed by atoms with Crippen molar-refractivity contribution in [3.05, 3.63) is 29.1 Å². The van der Waals surface area contributed by atoms with Crippen molar-refractivity contribution < 1.29 is 14.3 Å². The highest BCUT2D eigenvalue weighted by Crippen LogP contribution is 2.38. The average molecular weight is 389 g/mol. The van der Waals surface area contributed by atoms with E-state index < -0.39 is 0 Å². The van der Waals surface area contributed by atoms with E-state index in [1.165, 1.54) is 0 Å². The molecule has 1 spiro atoms. The van der Waals surface area contributed by atoms with E-state index in [1.54, 1.807) is 7.11 Å². The van der Waals surface area contributed by atoms with Crippen molar-refractivity contribution in [3.8, 4) is 0 Å². The third-order valence-electron chi connectivity index (χ3n) is 6.05. The number of aryl methyl sites for hydroxylation is 2. The van der Waals surface area contributed by atoms with Gasteiger partial charge in [0.05, 0.1) is 6.61 Å². The van der Waals surface area contributed by atoms with E-state index in [2.05, 4.69) is 10.3 Å². The second kappa shape index (κ2) is 8.90. The molecule has 0 unspecified atom stereocenters. The maximum atomic E-state index is 12.8. The zero-order chi connectivity index (χ0) is 20.1. The van der Waals surface area contributed by atoms with Gasteiger partial charge < -0.3 is 19.9 Å². The van der Waals surface area contributed by atoms with Crippen LogP contribution in [-0.4, -0.2) is 66.6 Å². The van der Waals surface area contributed by atoms with Crippen molar-refractivity contribution in [2.45, 2.75) is 46.1 Å². The van der Waals surface area contributed by atoms with Crippen LogP contribution in [0.1, 0.15) is 42.5 Å². The number of amides is 3. The summed E-state index contributed by atoms with van der Waals surface area (Å²) in [5.74, 6) is 0.201. The first-order chi connectivity index (χ1) is 13.4. The van der Waals surface area contributed by atoms with Crippen LogP contribution in [0.5, 0.6) is 0 Å². The summed E-state index contributed by atoms with van der Waals surface area (Å²) in [6.45, 7) is 7.87. The molecule has 7 heteroatoms. The first-order valence-corrected chi connectivity index (χ1v) is 10.1. The zero-order valence-electron chi connectivity index (χ0n) is 17.3. The normalized spacial score (nSPS) is 22.6. The van der Waals surface area contributed by atoms with Gasteiger partial charge in [0.1, 0.15) is 0 Å². The van der Waals surface area contributed by atoms with Crippen LogP contribution < -0.4 is 5.32 Å². The average Bonchev–Trinajstić information content (AvgIpc) is 2.68. The molecule has 1 aromatic heterocycles. The molecule has 2 aliphatic heterocycles. The fourth-order valence-electron chi connectivity index (χ4n) is 4.41. The van der Waals surface area contributed by atoms with Gasteiger partial charge in [-0.05, 0) is 50.3 Å². The van der Waals surface area contributed by atoms with E-state index in [1.807, 2.05) is 35.9 Å². The number of carbonyl (C=O) groups is 2. The van der Waals surface area contributed by atoms with E-state index in [0.29, 0.717) is 32.7 Å². The fourth-order valence-corrected chi connectivity index (χ4v) is 4.41. The maximum Gasteiger partial charge on any atom is 0.317 e. The third-order valence-corrected chi connectivity index (χ3v) is 6.05. The highest BCUT2D eigenvalue weighted by Gasteiger charge is 2.42. The largest absolute Gasteiger partial charge is 0.383 e. The maximum absolute atomic E-state index is 12.8. The highest BCUT2D eigenvalue weighted by atomic mass is 16.5. The molecular weight excluding hydrogens is 356 g/mol. The first-order valence-electron chi connectivity index (χ1n) is 10.1. The van der Waals surface area contributed by atoms with Gasteiger partial charge in [-0.15, -0.1) is 0 Å². The molecule has 0 aromatic carbocycles. The Kier molecular flexibility index (Phi) is 6.54. The minimum atomic E-state index is -0.0283. The van der Waals surface area contributed by atoms with Crippen LogP contribution in [0.4, 0.5) is 4.79 Å². The zero-order valence-corrected chi connectivity index (χ0v) is 17.3. The number of urea groups is 1. The molecule has 0 bridgehead atoms. The topological polar surface area (TPSA) is 74.8 Å². The Morgan fingerprint density at radius 1 is 1.32 bits per heavy atom. The summed E-state index contributed by atoms with van der Waals surface area (Å²) in [6.07, 6.45) is 5.30. The lowest BCUT2D eigenvalue weighted by atomic mass is 9.73. The van der Waals surface area contributed by atoms with Gasteiger partial charge in [0.15, 0.2) is 0 Å². The third kappa shape index (κ3) is 4.82. The molecule has 3 heterocycles. The Morgan fingerprint density at radius 3 is 2.89 bits per heavy atom. The molecule has 7 nitrogen and oxygen atoms in total. The summed E-state index contributed by atoms with van der Waals surface area (Å²) in [5.41, 5.74) is 3.18. The molecule has 28 heavy (non-hydrogen) atoms. The number of nitrogens with one attached hydrogen (secondary N) is 1. The van der Waals surface area contributed by atoms with Crippen LogP contribution in [0.3, 0.4) is 0 Å². The van der Waals surface area contributed by atoms with Crippen LogP contribution in [0.15, 0.2) is 12.3 Å². The molecule has 154 valence electrons. The number of rotatable bonds is 5. The summed E-state index contributed by atoms with van der Waals surface area (Å²) < 4.78 is 5.15. The number of pyridine rings is 1. The predicted molar refractivity (Wildman–Crippen MR) is 107 cm³/mol. The van der Waals surface area contributed by atoms with E-state index in [4.69, 9.17) is 4.74 Å². The monoisotopic (exact) mass is 388 g/mol. The summed E-state index contributed by atoms with van der Waals surface area (Å²) >= 11 is 0. The number of hydrogen-bond donors (Lipinski definition) is 1. The number of nitrogens with zero attached hydrogens (tertiary/aromatic N) is 3. The van der Waals surface area contributed by atoms with Crippen molar-refractivity contribution in [1.82, 2.24) is 20.1 Å². The Hall–Kier alpha value is -2.15. The molecule has 3 rings (SSSR count). The van der Waals surface area contributed by atoms with Crippen molar-refractivity contribution >= 4 is 11.9 Å². The molecule has 2 aliphatic rings. The summed E-state index contributed by atoms with van der Waals surface area (Å²) in [6, 6.07) is 2.00. The Morgan fingerprint density at radius 2 is 2.14 bits per heavy atom. The van der Waals surface area contributed by atoms with Crippen LogP contribution >= 0.6 is 0 Å². The first kappa shape index (κ1) is 20.6. The van der Waals surface area contributed by atoms with Crippen LogP contribution in [-0.2, 0) is 16.1 Å². The molecule has 1 aromatic rings. The lowest BCUT2D eigenvalue weighted by Gasteiger charge is -2.48. The summed E-state index contributed by atoms with van der Waals surface area (Å²) in [7, 11) is 1.65. The summed E-state index contributed by atoms with van der Waals surface area (Å²) in [5, 5.41) is 3.05. The lowest BCUT2D eigenvalue weighted by molar-refractivity contribution is -0.139. The number of likely N-dealkylation sites (tertiary alicyclic amines) is 2. The Balaban J connectivity index is 1.59. The highest BCUT2D eigenvalue weighted by molar-refractivity contribution is 5.77. The molecule has 0 aliphatic carbocycles. The van der Waals surface area contributed by atoms with E-state index >= 15 is 0 Å². The van der Waals surface area contributed by atoms with Crippen molar-refractivity contribution in [3.63, 3.8) is 0 Å². The van der Waals surface area contributed by atoms with Gasteiger partial charge in [-0.2, -0.15) is 0 Å². The SMILES string of the molecule is COCCN1C[C@]2(CCCN(C(=O)NCc3cnc(C)cc3C)C2)CCC1=O. The van der Waals surface area contributed by atoms with E-state index in [0.717, 1.165) is 49.2 Å². The van der Waals surface area contributed by atoms with Crippen molar-refractivity contribution in [2.24, 2.45) is 5.41 Å². The number of carbonyl (C=O) groups excluding carboxylic acids is 2. The van der Waals surface area contributed by atoms with Gasteiger partial charge in [-0.1, -0.05) is 0 Å². The van der Waals surface area contributed by atoms with Crippen LogP contribution in [0.2, 0.25) is 0 Å². The number of piperidine rings is 2. The van der Waals surface area contributed by atoms with E-state index in [-0.39, 0.29) is 17.4 Å². The molecule has 1 atom stereocenters. The molecule has 0 saturated carbocycles. The molecule has 0 radical (unpaired) electrons. The quantitative estimate of drug-likeness (QED) is 0.840. The van der Waals surface area contributed by atoms with Crippen LogP contribution in [0.25, 0.3) is 0 Å². The number of methoxy groups -OCH3 is 1. The minimum Gasteiger partial charge on any atom is -0.383 e. The van der Waals surface area contributed by atoms with Crippen molar-refractivity contribution in [2.75, 3.05) is 39.9 Å². The standard InChI is InChI=1S/C21H32N4O3/c1-16-11-17(2)22-12-18(16)13-23-20(27)25-8-4-6-21(15-25)7-5-19(26)24(14-21)9-10-28-3/h11-12H,4-10,13-15H2,1-3H3,(H,23,27)/t21-/m0/s1. The van der Waals surface area contributed by atoms with Gasteiger partial charge in [0.2, 0.25) is 5.91 Å². The molecule has 2 fully saturated rings. The second-order valence-corrected chi connectivity index (χ2v) is 8.24. The van der Waals surface area contributed by atoms with Gasteiger partial charge in [-0.25, -0.2) is 4.79 Å². The number of ether oxygens (including phenoxy) is 1. The van der Waals surface area contributed by atoms with Gasteiger partial charge in [-0.3, -0.25) is 9.78 Å².